The van der Waals surface area contributed by atoms with Crippen LogP contribution < -0.4 is 10.6 Å². The summed E-state index contributed by atoms with van der Waals surface area (Å²) in [5, 5.41) is 6.20. The van der Waals surface area contributed by atoms with Gasteiger partial charge in [0.25, 0.3) is 0 Å². The van der Waals surface area contributed by atoms with Crippen LogP contribution in [-0.4, -0.2) is 49.4 Å². The number of likely N-dealkylation sites (tertiary alicyclic amines) is 1. The second-order valence-corrected chi connectivity index (χ2v) is 6.48. The fourth-order valence-corrected chi connectivity index (χ4v) is 3.20. The topological polar surface area (TPSA) is 61.4 Å². The van der Waals surface area contributed by atoms with Crippen LogP contribution in [0.25, 0.3) is 0 Å². The van der Waals surface area contributed by atoms with Crippen molar-refractivity contribution in [2.45, 2.75) is 39.5 Å². The van der Waals surface area contributed by atoms with Gasteiger partial charge in [-0.25, -0.2) is 0 Å². The molecule has 0 radical (unpaired) electrons. The van der Waals surface area contributed by atoms with E-state index < -0.39 is 0 Å². The van der Waals surface area contributed by atoms with Gasteiger partial charge in [-0.05, 0) is 44.7 Å². The van der Waals surface area contributed by atoms with Crippen LogP contribution in [0.2, 0.25) is 0 Å². The van der Waals surface area contributed by atoms with E-state index in [0.717, 1.165) is 58.4 Å². The summed E-state index contributed by atoms with van der Waals surface area (Å²) in [6.45, 7) is 7.98. The van der Waals surface area contributed by atoms with Gasteiger partial charge in [-0.3, -0.25) is 9.59 Å². The van der Waals surface area contributed by atoms with Crippen molar-refractivity contribution in [2.24, 2.45) is 11.3 Å². The highest BCUT2D eigenvalue weighted by atomic mass is 16.2. The molecule has 2 fully saturated rings. The van der Waals surface area contributed by atoms with Crippen LogP contribution in [0, 0.1) is 11.3 Å². The molecule has 0 aromatic rings. The third kappa shape index (κ3) is 3.72. The first-order valence-electron chi connectivity index (χ1n) is 7.76. The summed E-state index contributed by atoms with van der Waals surface area (Å²) in [4.78, 5) is 25.6. The lowest BCUT2D eigenvalue weighted by Gasteiger charge is -2.40. The summed E-state index contributed by atoms with van der Waals surface area (Å²) < 4.78 is 0. The molecule has 0 unspecified atom stereocenters. The minimum Gasteiger partial charge on any atom is -0.356 e. The number of rotatable bonds is 3. The first-order valence-corrected chi connectivity index (χ1v) is 7.76. The zero-order valence-electron chi connectivity index (χ0n) is 12.7. The lowest BCUT2D eigenvalue weighted by Crippen LogP contribution is -2.50. The maximum absolute atomic E-state index is 12.7. The molecule has 2 saturated heterocycles. The van der Waals surface area contributed by atoms with Crippen molar-refractivity contribution in [1.29, 1.82) is 0 Å². The normalized spacial score (nSPS) is 23.4. The molecular formula is C15H27N3O2. The van der Waals surface area contributed by atoms with Gasteiger partial charge >= 0.3 is 0 Å². The first kappa shape index (κ1) is 15.3. The molecule has 0 spiro atoms. The van der Waals surface area contributed by atoms with Gasteiger partial charge in [-0.1, -0.05) is 6.92 Å². The van der Waals surface area contributed by atoms with Gasteiger partial charge in [-0.15, -0.1) is 0 Å². The minimum atomic E-state index is -0.171. The van der Waals surface area contributed by atoms with Crippen LogP contribution in [0.4, 0.5) is 0 Å². The van der Waals surface area contributed by atoms with Gasteiger partial charge in [0.15, 0.2) is 0 Å². The quantitative estimate of drug-likeness (QED) is 0.802. The highest BCUT2D eigenvalue weighted by molar-refractivity contribution is 5.82. The van der Waals surface area contributed by atoms with Gasteiger partial charge in [0.05, 0.1) is 0 Å². The van der Waals surface area contributed by atoms with Crippen molar-refractivity contribution >= 4 is 11.8 Å². The van der Waals surface area contributed by atoms with Crippen molar-refractivity contribution in [3.8, 4) is 0 Å². The molecule has 5 nitrogen and oxygen atoms in total. The number of amides is 2. The van der Waals surface area contributed by atoms with Gasteiger partial charge in [-0.2, -0.15) is 0 Å². The van der Waals surface area contributed by atoms with Gasteiger partial charge in [0, 0.05) is 32.0 Å². The lowest BCUT2D eigenvalue weighted by molar-refractivity contribution is -0.144. The second kappa shape index (κ2) is 6.57. The van der Waals surface area contributed by atoms with Crippen LogP contribution >= 0.6 is 0 Å². The number of hydrogen-bond acceptors (Lipinski definition) is 3. The van der Waals surface area contributed by atoms with E-state index in [-0.39, 0.29) is 11.3 Å². The van der Waals surface area contributed by atoms with Gasteiger partial charge in [0.1, 0.15) is 0 Å². The highest BCUT2D eigenvalue weighted by Crippen LogP contribution is 2.32. The first-order chi connectivity index (χ1) is 9.51. The molecule has 2 rings (SSSR count). The fourth-order valence-electron chi connectivity index (χ4n) is 3.20. The van der Waals surface area contributed by atoms with E-state index in [0.29, 0.717) is 11.8 Å². The largest absolute Gasteiger partial charge is 0.356 e. The summed E-state index contributed by atoms with van der Waals surface area (Å²) >= 11 is 0. The molecule has 2 amide bonds. The minimum absolute atomic E-state index is 0.0331. The van der Waals surface area contributed by atoms with Gasteiger partial charge in [0.2, 0.25) is 11.8 Å². The summed E-state index contributed by atoms with van der Waals surface area (Å²) in [5.41, 5.74) is -0.171. The Balaban J connectivity index is 1.81. The summed E-state index contributed by atoms with van der Waals surface area (Å²) in [6, 6.07) is 0. The Bertz CT molecular complexity index is 356. The Hall–Kier alpha value is -1.10. The maximum Gasteiger partial charge on any atom is 0.228 e. The third-order valence-electron chi connectivity index (χ3n) is 4.76. The molecule has 0 aromatic carbocycles. The van der Waals surface area contributed by atoms with Crippen molar-refractivity contribution in [3.63, 3.8) is 0 Å². The molecule has 114 valence electrons. The molecule has 2 heterocycles. The van der Waals surface area contributed by atoms with Crippen LogP contribution in [0.3, 0.4) is 0 Å². The summed E-state index contributed by atoms with van der Waals surface area (Å²) in [6.07, 6.45) is 3.88. The smallest absolute Gasteiger partial charge is 0.228 e. The van der Waals surface area contributed by atoms with Crippen LogP contribution in [-0.2, 0) is 9.59 Å². The van der Waals surface area contributed by atoms with E-state index in [1.165, 1.54) is 0 Å². The van der Waals surface area contributed by atoms with Crippen molar-refractivity contribution in [3.05, 3.63) is 0 Å². The molecule has 2 N–H and O–H groups in total. The molecule has 0 atom stereocenters. The average molecular weight is 281 g/mol. The number of carbonyl (C=O) groups excluding carboxylic acids is 2. The summed E-state index contributed by atoms with van der Waals surface area (Å²) in [7, 11) is 0. The zero-order chi connectivity index (χ0) is 14.6. The van der Waals surface area contributed by atoms with E-state index in [4.69, 9.17) is 0 Å². The second-order valence-electron chi connectivity index (χ2n) is 6.48. The molecule has 20 heavy (non-hydrogen) atoms. The Morgan fingerprint density at radius 3 is 2.40 bits per heavy atom. The number of piperidine rings is 2. The number of carbonyl (C=O) groups is 2. The fraction of sp³-hybridized carbons (Fsp3) is 0.867. The van der Waals surface area contributed by atoms with Crippen LogP contribution in [0.1, 0.15) is 39.5 Å². The van der Waals surface area contributed by atoms with E-state index >= 15 is 0 Å². The molecule has 2 aliphatic rings. The molecule has 5 heteroatoms. The molecule has 0 bridgehead atoms. The molecule has 2 aliphatic heterocycles. The number of hydrogen-bond donors (Lipinski definition) is 2. The van der Waals surface area contributed by atoms with Crippen molar-refractivity contribution in [1.82, 2.24) is 15.5 Å². The standard InChI is InChI=1S/C15H27N3O2/c1-12(19)17-11-13-3-9-18(10-4-13)14(20)15(2)5-7-16-8-6-15/h13,16H,3-11H2,1-2H3,(H,17,19). The van der Waals surface area contributed by atoms with Crippen LogP contribution in [0.15, 0.2) is 0 Å². The van der Waals surface area contributed by atoms with E-state index in [2.05, 4.69) is 17.6 Å². The summed E-state index contributed by atoms with van der Waals surface area (Å²) in [5.74, 6) is 0.881. The molecular weight excluding hydrogens is 254 g/mol. The van der Waals surface area contributed by atoms with E-state index in [9.17, 15) is 9.59 Å². The van der Waals surface area contributed by atoms with E-state index in [1.807, 2.05) is 4.90 Å². The predicted molar refractivity (Wildman–Crippen MR) is 78.2 cm³/mol. The van der Waals surface area contributed by atoms with E-state index in [1.54, 1.807) is 6.92 Å². The van der Waals surface area contributed by atoms with Crippen LogP contribution in [0.5, 0.6) is 0 Å². The maximum atomic E-state index is 12.7. The average Bonchev–Trinajstić information content (AvgIpc) is 2.45. The molecule has 0 aliphatic carbocycles. The SMILES string of the molecule is CC(=O)NCC1CCN(C(=O)C2(C)CCNCC2)CC1. The Morgan fingerprint density at radius 2 is 1.85 bits per heavy atom. The Morgan fingerprint density at radius 1 is 1.25 bits per heavy atom. The highest BCUT2D eigenvalue weighted by Gasteiger charge is 2.38. The van der Waals surface area contributed by atoms with Crippen molar-refractivity contribution < 1.29 is 9.59 Å². The van der Waals surface area contributed by atoms with Crippen molar-refractivity contribution in [2.75, 3.05) is 32.7 Å². The zero-order valence-corrected chi connectivity index (χ0v) is 12.7. The Labute approximate surface area is 121 Å². The molecule has 0 aromatic heterocycles. The predicted octanol–water partition coefficient (Wildman–Crippen LogP) is 0.751. The lowest BCUT2D eigenvalue weighted by atomic mass is 9.79. The third-order valence-corrected chi connectivity index (χ3v) is 4.76. The number of nitrogens with zero attached hydrogens (tertiary/aromatic N) is 1. The Kier molecular flexibility index (Phi) is 5.02. The number of nitrogens with one attached hydrogen (secondary N) is 2. The monoisotopic (exact) mass is 281 g/mol. The van der Waals surface area contributed by atoms with Gasteiger partial charge < -0.3 is 15.5 Å². The molecule has 0 saturated carbocycles.